The third-order valence-electron chi connectivity index (χ3n) is 13.5. The number of fused-ring (bicyclic) bond motifs is 2. The fourth-order valence-electron chi connectivity index (χ4n) is 10.7. The van der Waals surface area contributed by atoms with Gasteiger partial charge in [0.15, 0.2) is 0 Å². The molecule has 0 N–H and O–H groups in total. The molecule has 0 fully saturated rings. The first-order chi connectivity index (χ1) is 30.8. The van der Waals surface area contributed by atoms with Crippen molar-refractivity contribution in [2.24, 2.45) is 0 Å². The topological polar surface area (TPSA) is 74.8 Å². The van der Waals surface area contributed by atoms with Gasteiger partial charge in [-0.2, -0.15) is 0 Å². The van der Waals surface area contributed by atoms with Crippen molar-refractivity contribution in [3.63, 3.8) is 0 Å². The Morgan fingerprint density at radius 1 is 0.359 bits per heavy atom. The van der Waals surface area contributed by atoms with Crippen LogP contribution in [0.15, 0.2) is 107 Å². The van der Waals surface area contributed by atoms with Crippen LogP contribution in [0.25, 0.3) is 63.1 Å². The first-order valence-corrected chi connectivity index (χ1v) is 25.9. The predicted octanol–water partition coefficient (Wildman–Crippen LogP) is 13.3. The van der Waals surface area contributed by atoms with Crippen LogP contribution in [0.4, 0.5) is 11.4 Å². The van der Waals surface area contributed by atoms with Crippen LogP contribution in [0.3, 0.4) is 0 Å². The van der Waals surface area contributed by atoms with Crippen molar-refractivity contribution in [3.8, 4) is 20.0 Å². The molecule has 7 aromatic carbocycles. The predicted molar refractivity (Wildman–Crippen MR) is 264 cm³/mol. The number of hydrogen-bond acceptors (Lipinski definition) is 4. The molecular formula is C56H46N2O4Se2. The van der Waals surface area contributed by atoms with Crippen LogP contribution in [0.5, 0.6) is 0 Å². The standard InChI is InChI=1S/C56H46N2O4Se2/c1-27(2)31-13-9-14-32(28(3)4)51(31)57-53(59)37-21-19-35-46-40(44-18-12-24-64-44)26-42-48-38(54(60)58(56(42)62)52-33(29(5)6)15-10-16-34(52)30(7)8)22-20-36(50(46)48)45-39(43-17-11-23-63-43)25-41(55(57)61)47(37)49(35)45/h9-30H,1-8H3. The zero-order valence-electron chi connectivity index (χ0n) is 37.0. The van der Waals surface area contributed by atoms with E-state index in [1.807, 2.05) is 60.7 Å². The molecule has 0 spiro atoms. The maximum absolute atomic E-state index is 15.4. The maximum atomic E-state index is 15.4. The van der Waals surface area contributed by atoms with Gasteiger partial charge in [-0.3, -0.25) is 0 Å². The summed E-state index contributed by atoms with van der Waals surface area (Å²) in [6.07, 6.45) is 0. The van der Waals surface area contributed by atoms with Gasteiger partial charge in [0.2, 0.25) is 0 Å². The summed E-state index contributed by atoms with van der Waals surface area (Å²) in [5.74, 6) is -1.00. The third kappa shape index (κ3) is 5.62. The molecule has 6 nitrogen and oxygen atoms in total. The van der Waals surface area contributed by atoms with Gasteiger partial charge < -0.3 is 0 Å². The van der Waals surface area contributed by atoms with Gasteiger partial charge in [0.1, 0.15) is 0 Å². The first-order valence-electron chi connectivity index (χ1n) is 22.2. The number of carbonyl (C=O) groups is 4. The molecule has 0 radical (unpaired) electrons. The molecular weight excluding hydrogens is 923 g/mol. The van der Waals surface area contributed by atoms with Crippen LogP contribution in [0, 0.1) is 0 Å². The number of imide groups is 2. The summed E-state index contributed by atoms with van der Waals surface area (Å²) < 4.78 is 2.25. The molecule has 4 amide bonds. The van der Waals surface area contributed by atoms with E-state index in [9.17, 15) is 0 Å². The molecule has 0 saturated carbocycles. The number of nitrogens with zero attached hydrogens (tertiary/aromatic N) is 2. The average molecular weight is 969 g/mol. The Morgan fingerprint density at radius 3 is 1.02 bits per heavy atom. The molecule has 9 aromatic rings. The second kappa shape index (κ2) is 14.8. The summed E-state index contributed by atoms with van der Waals surface area (Å²) in [5, 5.41) is 6.74. The Kier molecular flexibility index (Phi) is 9.47. The van der Waals surface area contributed by atoms with Gasteiger partial charge in [0.05, 0.1) is 0 Å². The van der Waals surface area contributed by atoms with Crippen LogP contribution in [-0.4, -0.2) is 52.6 Å². The van der Waals surface area contributed by atoms with Gasteiger partial charge >= 0.3 is 387 Å². The minimum atomic E-state index is -0.329. The Labute approximate surface area is 384 Å². The van der Waals surface area contributed by atoms with Crippen molar-refractivity contribution < 1.29 is 19.2 Å². The molecule has 0 saturated heterocycles. The van der Waals surface area contributed by atoms with E-state index in [0.717, 1.165) is 74.6 Å². The van der Waals surface area contributed by atoms with Crippen molar-refractivity contribution in [2.45, 2.75) is 79.1 Å². The van der Waals surface area contributed by atoms with E-state index < -0.39 is 0 Å². The van der Waals surface area contributed by atoms with Gasteiger partial charge in [-0.25, -0.2) is 0 Å². The number of para-hydroxylation sites is 2. The van der Waals surface area contributed by atoms with Crippen molar-refractivity contribution in [1.82, 2.24) is 0 Å². The van der Waals surface area contributed by atoms with E-state index in [1.54, 1.807) is 0 Å². The van der Waals surface area contributed by atoms with Crippen LogP contribution in [0.2, 0.25) is 0 Å². The minimum absolute atomic E-state index is 0.0120. The van der Waals surface area contributed by atoms with Gasteiger partial charge in [0.25, 0.3) is 0 Å². The normalized spacial score (nSPS) is 14.2. The number of carbonyl (C=O) groups excluding carboxylic acids is 4. The first kappa shape index (κ1) is 40.9. The molecule has 11 rings (SSSR count). The zero-order valence-corrected chi connectivity index (χ0v) is 40.5. The quantitative estimate of drug-likeness (QED) is 0.0658. The van der Waals surface area contributed by atoms with Gasteiger partial charge in [-0.15, -0.1) is 0 Å². The molecule has 0 bridgehead atoms. The van der Waals surface area contributed by atoms with E-state index in [2.05, 4.69) is 102 Å². The van der Waals surface area contributed by atoms with Gasteiger partial charge in [-0.1, -0.05) is 0 Å². The summed E-state index contributed by atoms with van der Waals surface area (Å²) in [6, 6.07) is 32.6. The summed E-state index contributed by atoms with van der Waals surface area (Å²) >= 11 is -0.0239. The summed E-state index contributed by atoms with van der Waals surface area (Å²) in [7, 11) is 0. The van der Waals surface area contributed by atoms with E-state index in [0.29, 0.717) is 44.4 Å². The van der Waals surface area contributed by atoms with Crippen molar-refractivity contribution in [2.75, 3.05) is 9.80 Å². The molecule has 8 heteroatoms. The van der Waals surface area contributed by atoms with Crippen LogP contribution >= 0.6 is 0 Å². The molecule has 316 valence electrons. The van der Waals surface area contributed by atoms with E-state index in [4.69, 9.17) is 0 Å². The Balaban J connectivity index is 1.28. The number of benzene rings is 7. The van der Waals surface area contributed by atoms with Crippen molar-refractivity contribution in [3.05, 3.63) is 151 Å². The molecule has 2 aliphatic heterocycles. The SMILES string of the molecule is CC(C)c1cccc(C(C)C)c1N1C(=O)c2ccc3c4c(-c5ccc[se]5)cc5c6c(ccc(c7c(-c8ccc[se]8)cc(c2c37)C1=O)c64)C(=O)N(c1c(C(C)C)cccc1C(C)C)C5=O. The Hall–Kier alpha value is -5.88. The monoisotopic (exact) mass is 970 g/mol. The van der Waals surface area contributed by atoms with Crippen molar-refractivity contribution in [1.29, 1.82) is 0 Å². The number of rotatable bonds is 8. The molecule has 0 unspecified atom stereocenters. The fourth-order valence-corrected chi connectivity index (χ4v) is 13.8. The van der Waals surface area contributed by atoms with Gasteiger partial charge in [0, 0.05) is 0 Å². The zero-order chi connectivity index (χ0) is 44.6. The van der Waals surface area contributed by atoms with E-state index in [1.165, 1.54) is 9.80 Å². The van der Waals surface area contributed by atoms with Gasteiger partial charge in [-0.05, 0) is 0 Å². The van der Waals surface area contributed by atoms with Crippen molar-refractivity contribution >= 4 is 107 Å². The molecule has 4 heterocycles. The van der Waals surface area contributed by atoms with Crippen LogP contribution < -0.4 is 9.80 Å². The molecule has 0 atom stereocenters. The van der Waals surface area contributed by atoms with E-state index in [-0.39, 0.29) is 76.3 Å². The third-order valence-corrected chi connectivity index (χ3v) is 17.3. The second-order valence-corrected chi connectivity index (χ2v) is 22.5. The summed E-state index contributed by atoms with van der Waals surface area (Å²) in [5.41, 5.74) is 9.09. The second-order valence-electron chi connectivity index (χ2n) is 18.5. The molecule has 0 aliphatic carbocycles. The number of anilines is 2. The molecule has 2 aliphatic rings. The molecule has 2 aromatic heterocycles. The number of hydrogen-bond donors (Lipinski definition) is 0. The van der Waals surface area contributed by atoms with Crippen LogP contribution in [-0.2, 0) is 0 Å². The molecule has 64 heavy (non-hydrogen) atoms. The Bertz CT molecular complexity index is 3200. The van der Waals surface area contributed by atoms with Crippen LogP contribution in [0.1, 0.15) is 143 Å². The summed E-state index contributed by atoms with van der Waals surface area (Å²) in [4.78, 5) is 68.6. The van der Waals surface area contributed by atoms with E-state index >= 15 is 19.2 Å². The number of amides is 4. The average Bonchev–Trinajstić information content (AvgIpc) is 4.03. The Morgan fingerprint density at radius 2 is 0.703 bits per heavy atom. The fraction of sp³-hybridized carbons (Fsp3) is 0.214. The summed E-state index contributed by atoms with van der Waals surface area (Å²) in [6.45, 7) is 16.8.